The van der Waals surface area contributed by atoms with Crippen LogP contribution in [0.3, 0.4) is 0 Å². The fourth-order valence-electron chi connectivity index (χ4n) is 1.94. The minimum Gasteiger partial charge on any atom is -0.366 e. The van der Waals surface area contributed by atoms with E-state index in [9.17, 15) is 0 Å². The van der Waals surface area contributed by atoms with E-state index in [1.165, 1.54) is 0 Å². The maximum atomic E-state index is 6.11. The van der Waals surface area contributed by atoms with E-state index in [1.807, 2.05) is 31.2 Å². The second kappa shape index (κ2) is 6.23. The number of hydrogen-bond acceptors (Lipinski definition) is 3. The Balaban J connectivity index is 1.88. The predicted molar refractivity (Wildman–Crippen MR) is 75.2 cm³/mol. The Kier molecular flexibility index (Phi) is 4.85. The molecule has 0 radical (unpaired) electrons. The number of halogens is 1. The van der Waals surface area contributed by atoms with Gasteiger partial charge in [0.25, 0.3) is 0 Å². The molecule has 1 saturated heterocycles. The van der Waals surface area contributed by atoms with Crippen LogP contribution in [0.1, 0.15) is 26.3 Å². The van der Waals surface area contributed by atoms with E-state index in [0.717, 1.165) is 10.6 Å². The molecule has 1 aromatic carbocycles. The highest BCUT2D eigenvalue weighted by Crippen LogP contribution is 2.25. The van der Waals surface area contributed by atoms with E-state index in [2.05, 4.69) is 13.8 Å². The van der Waals surface area contributed by atoms with E-state index in [-0.39, 0.29) is 6.29 Å². The van der Waals surface area contributed by atoms with Gasteiger partial charge in [-0.2, -0.15) is 0 Å². The number of hydrogen-bond donors (Lipinski definition) is 0. The minimum absolute atomic E-state index is 0.128. The first-order valence-corrected chi connectivity index (χ1v) is 6.98. The summed E-state index contributed by atoms with van der Waals surface area (Å²) in [6.07, 6.45) is -0.128. The van der Waals surface area contributed by atoms with Gasteiger partial charge in [-0.1, -0.05) is 43.6 Å². The van der Waals surface area contributed by atoms with Crippen LogP contribution in [-0.4, -0.2) is 25.1 Å². The normalized spacial score (nSPS) is 27.7. The van der Waals surface area contributed by atoms with Crippen molar-refractivity contribution in [2.75, 3.05) is 13.2 Å². The molecule has 2 rings (SSSR count). The fourth-order valence-corrected chi connectivity index (χ4v) is 2.13. The van der Waals surface area contributed by atoms with E-state index >= 15 is 0 Å². The molecule has 1 fully saturated rings. The predicted octanol–water partition coefficient (Wildman–Crippen LogP) is 3.64. The zero-order chi connectivity index (χ0) is 13.9. The monoisotopic (exact) mass is 284 g/mol. The van der Waals surface area contributed by atoms with Crippen molar-refractivity contribution in [1.82, 2.24) is 0 Å². The van der Waals surface area contributed by atoms with Crippen molar-refractivity contribution >= 4 is 11.6 Å². The molecule has 0 spiro atoms. The average molecular weight is 285 g/mol. The molecule has 0 N–H and O–H groups in total. The Morgan fingerprint density at radius 2 is 1.95 bits per heavy atom. The van der Waals surface area contributed by atoms with Crippen LogP contribution < -0.4 is 0 Å². The third-order valence-electron chi connectivity index (χ3n) is 3.18. The highest BCUT2D eigenvalue weighted by Gasteiger charge is 2.34. The van der Waals surface area contributed by atoms with Crippen LogP contribution in [0, 0.1) is 5.92 Å². The van der Waals surface area contributed by atoms with Gasteiger partial charge in [0, 0.05) is 10.9 Å². The second-order valence-electron chi connectivity index (χ2n) is 5.56. The van der Waals surface area contributed by atoms with Crippen molar-refractivity contribution in [3.05, 3.63) is 34.9 Å². The lowest BCUT2D eigenvalue weighted by Gasteiger charge is -2.38. The number of benzene rings is 1. The SMILES string of the molecule is CC(C)C1OCC(C)(OCc2ccccc2Cl)CO1. The van der Waals surface area contributed by atoms with Gasteiger partial charge < -0.3 is 14.2 Å². The third-order valence-corrected chi connectivity index (χ3v) is 3.55. The van der Waals surface area contributed by atoms with Crippen LogP contribution >= 0.6 is 11.6 Å². The molecule has 1 aliphatic heterocycles. The summed E-state index contributed by atoms with van der Waals surface area (Å²) in [5.74, 6) is 0.355. The maximum Gasteiger partial charge on any atom is 0.160 e. The molecule has 0 aliphatic carbocycles. The summed E-state index contributed by atoms with van der Waals surface area (Å²) < 4.78 is 17.3. The molecule has 0 aromatic heterocycles. The second-order valence-corrected chi connectivity index (χ2v) is 5.97. The molecule has 0 unspecified atom stereocenters. The van der Waals surface area contributed by atoms with E-state index < -0.39 is 5.60 Å². The Morgan fingerprint density at radius 3 is 2.53 bits per heavy atom. The fraction of sp³-hybridized carbons (Fsp3) is 0.600. The lowest BCUT2D eigenvalue weighted by molar-refractivity contribution is -0.275. The molecular formula is C15H21ClO3. The summed E-state index contributed by atoms with van der Waals surface area (Å²) in [6.45, 7) is 7.71. The van der Waals surface area contributed by atoms with Gasteiger partial charge in [-0.3, -0.25) is 0 Å². The summed E-state index contributed by atoms with van der Waals surface area (Å²) in [5.41, 5.74) is 0.571. The van der Waals surface area contributed by atoms with Gasteiger partial charge in [0.2, 0.25) is 0 Å². The van der Waals surface area contributed by atoms with Gasteiger partial charge >= 0.3 is 0 Å². The lowest BCUT2D eigenvalue weighted by Crippen LogP contribution is -2.48. The van der Waals surface area contributed by atoms with Gasteiger partial charge in [-0.15, -0.1) is 0 Å². The van der Waals surface area contributed by atoms with Crippen LogP contribution in [0.2, 0.25) is 5.02 Å². The quantitative estimate of drug-likeness (QED) is 0.845. The first kappa shape index (κ1) is 14.8. The van der Waals surface area contributed by atoms with Crippen molar-refractivity contribution in [3.63, 3.8) is 0 Å². The zero-order valence-corrected chi connectivity index (χ0v) is 12.4. The summed E-state index contributed by atoms with van der Waals surface area (Å²) >= 11 is 6.11. The van der Waals surface area contributed by atoms with Crippen molar-refractivity contribution in [2.45, 2.75) is 39.3 Å². The maximum absolute atomic E-state index is 6.11. The van der Waals surface area contributed by atoms with Crippen LogP contribution in [-0.2, 0) is 20.8 Å². The van der Waals surface area contributed by atoms with Gasteiger partial charge in [0.1, 0.15) is 5.60 Å². The Labute approximate surface area is 119 Å². The molecular weight excluding hydrogens is 264 g/mol. The first-order chi connectivity index (χ1) is 9.00. The Morgan fingerprint density at radius 1 is 1.32 bits per heavy atom. The third kappa shape index (κ3) is 3.93. The van der Waals surface area contributed by atoms with Crippen molar-refractivity contribution < 1.29 is 14.2 Å². The molecule has 0 bridgehead atoms. The summed E-state index contributed by atoms with van der Waals surface area (Å²) in [5, 5.41) is 0.726. The summed E-state index contributed by atoms with van der Waals surface area (Å²) in [7, 11) is 0. The topological polar surface area (TPSA) is 27.7 Å². The smallest absolute Gasteiger partial charge is 0.160 e. The van der Waals surface area contributed by atoms with Gasteiger partial charge in [-0.25, -0.2) is 0 Å². The molecule has 1 aromatic rings. The molecule has 0 atom stereocenters. The van der Waals surface area contributed by atoms with Gasteiger partial charge in [-0.05, 0) is 18.6 Å². The largest absolute Gasteiger partial charge is 0.366 e. The van der Waals surface area contributed by atoms with Gasteiger partial charge in [0.05, 0.1) is 19.8 Å². The summed E-state index contributed by atoms with van der Waals surface area (Å²) in [4.78, 5) is 0. The van der Waals surface area contributed by atoms with Crippen LogP contribution in [0.4, 0.5) is 0 Å². The van der Waals surface area contributed by atoms with E-state index in [1.54, 1.807) is 0 Å². The molecule has 19 heavy (non-hydrogen) atoms. The van der Waals surface area contributed by atoms with Crippen molar-refractivity contribution in [2.24, 2.45) is 5.92 Å². The van der Waals surface area contributed by atoms with E-state index in [4.69, 9.17) is 25.8 Å². The highest BCUT2D eigenvalue weighted by molar-refractivity contribution is 6.31. The Bertz CT molecular complexity index is 412. The first-order valence-electron chi connectivity index (χ1n) is 6.61. The van der Waals surface area contributed by atoms with Crippen LogP contribution in [0.5, 0.6) is 0 Å². The number of rotatable bonds is 4. The lowest BCUT2D eigenvalue weighted by atomic mass is 10.1. The van der Waals surface area contributed by atoms with Crippen molar-refractivity contribution in [1.29, 1.82) is 0 Å². The minimum atomic E-state index is -0.412. The zero-order valence-electron chi connectivity index (χ0n) is 11.7. The Hall–Kier alpha value is -0.610. The van der Waals surface area contributed by atoms with Crippen LogP contribution in [0.25, 0.3) is 0 Å². The molecule has 4 heteroatoms. The summed E-state index contributed by atoms with van der Waals surface area (Å²) in [6, 6.07) is 7.70. The molecule has 1 aliphatic rings. The molecule has 0 saturated carbocycles. The molecule has 0 amide bonds. The average Bonchev–Trinajstić information content (AvgIpc) is 2.38. The van der Waals surface area contributed by atoms with Crippen molar-refractivity contribution in [3.8, 4) is 0 Å². The molecule has 3 nitrogen and oxygen atoms in total. The highest BCUT2D eigenvalue weighted by atomic mass is 35.5. The molecule has 1 heterocycles. The van der Waals surface area contributed by atoms with Crippen LogP contribution in [0.15, 0.2) is 24.3 Å². The standard InChI is InChI=1S/C15H21ClO3/c1-11(2)14-17-9-15(3,10-18-14)19-8-12-6-4-5-7-13(12)16/h4-7,11,14H,8-10H2,1-3H3. The molecule has 106 valence electrons. The van der Waals surface area contributed by atoms with Gasteiger partial charge in [0.15, 0.2) is 6.29 Å². The van der Waals surface area contributed by atoms with E-state index in [0.29, 0.717) is 25.7 Å². The number of ether oxygens (including phenoxy) is 3.